The van der Waals surface area contributed by atoms with Crippen molar-refractivity contribution in [2.75, 3.05) is 13.7 Å². The lowest BCUT2D eigenvalue weighted by Crippen LogP contribution is -2.28. The molecule has 0 spiro atoms. The molecule has 0 saturated carbocycles. The van der Waals surface area contributed by atoms with E-state index in [1.165, 1.54) is 4.68 Å². The molecule has 0 radical (unpaired) electrons. The summed E-state index contributed by atoms with van der Waals surface area (Å²) in [7, 11) is 1.56. The Labute approximate surface area is 116 Å². The minimum atomic E-state index is -0.261. The Hall–Kier alpha value is -2.52. The highest BCUT2D eigenvalue weighted by Crippen LogP contribution is 2.13. The van der Waals surface area contributed by atoms with E-state index in [-0.39, 0.29) is 12.0 Å². The van der Waals surface area contributed by atoms with Crippen molar-refractivity contribution in [3.8, 4) is 17.5 Å². The van der Waals surface area contributed by atoms with Gasteiger partial charge in [0.05, 0.1) is 31.3 Å². The molecule has 0 atom stereocenters. The number of hydrogen-bond donors (Lipinski definition) is 0. The van der Waals surface area contributed by atoms with E-state index in [2.05, 4.69) is 10.1 Å². The van der Waals surface area contributed by atoms with Gasteiger partial charge in [0.15, 0.2) is 0 Å². The maximum atomic E-state index is 12.1. The number of rotatable bonds is 5. The number of hydrogen-bond acceptors (Lipinski definition) is 5. The van der Waals surface area contributed by atoms with E-state index in [4.69, 9.17) is 10.00 Å². The Kier molecular flexibility index (Phi) is 4.58. The molecule has 0 aliphatic rings. The highest BCUT2D eigenvalue weighted by Gasteiger charge is 2.10. The predicted octanol–water partition coefficient (Wildman–Crippen LogP) is 1.02. The normalized spacial score (nSPS) is 10.2. The Morgan fingerprint density at radius 1 is 1.40 bits per heavy atom. The van der Waals surface area contributed by atoms with E-state index in [0.717, 1.165) is 0 Å². The van der Waals surface area contributed by atoms with Crippen molar-refractivity contribution in [1.82, 2.24) is 14.8 Å². The molecule has 2 rings (SSSR count). The minimum Gasteiger partial charge on any atom is -0.383 e. The van der Waals surface area contributed by atoms with Gasteiger partial charge in [0.2, 0.25) is 0 Å². The lowest BCUT2D eigenvalue weighted by molar-refractivity contribution is 0.182. The first-order valence-corrected chi connectivity index (χ1v) is 6.14. The molecular formula is C14H14N4O2. The van der Waals surface area contributed by atoms with Crippen LogP contribution in [0.3, 0.4) is 0 Å². The molecule has 0 saturated heterocycles. The molecule has 0 N–H and O–H groups in total. The van der Waals surface area contributed by atoms with Crippen LogP contribution >= 0.6 is 0 Å². The highest BCUT2D eigenvalue weighted by molar-refractivity contribution is 5.53. The average molecular weight is 270 g/mol. The fraction of sp³-hybridized carbons (Fsp3) is 0.286. The van der Waals surface area contributed by atoms with Gasteiger partial charge in [-0.15, -0.1) is 0 Å². The molecule has 20 heavy (non-hydrogen) atoms. The van der Waals surface area contributed by atoms with Gasteiger partial charge < -0.3 is 4.74 Å². The maximum absolute atomic E-state index is 12.1. The third-order valence-corrected chi connectivity index (χ3v) is 2.75. The lowest BCUT2D eigenvalue weighted by Gasteiger charge is -2.08. The summed E-state index contributed by atoms with van der Waals surface area (Å²) in [6, 6.07) is 9.08. The molecule has 0 fully saturated rings. The van der Waals surface area contributed by atoms with Gasteiger partial charge in [0.25, 0.3) is 5.56 Å². The van der Waals surface area contributed by atoms with Crippen LogP contribution < -0.4 is 5.56 Å². The molecule has 2 heterocycles. The molecule has 6 nitrogen and oxygen atoms in total. The third kappa shape index (κ3) is 3.08. The van der Waals surface area contributed by atoms with Crippen LogP contribution in [0.25, 0.3) is 11.4 Å². The summed E-state index contributed by atoms with van der Waals surface area (Å²) in [5.74, 6) is 0. The molecule has 0 bridgehead atoms. The van der Waals surface area contributed by atoms with Gasteiger partial charge in [-0.25, -0.2) is 4.68 Å². The summed E-state index contributed by atoms with van der Waals surface area (Å²) in [4.78, 5) is 16.3. The van der Waals surface area contributed by atoms with E-state index < -0.39 is 0 Å². The SMILES string of the molecule is COCCn1nc(-c2ccccn2)cc(CC#N)c1=O. The minimum absolute atomic E-state index is 0.0498. The van der Waals surface area contributed by atoms with Crippen LogP contribution in [0.15, 0.2) is 35.3 Å². The first kappa shape index (κ1) is 13.9. The number of aromatic nitrogens is 3. The molecule has 2 aromatic rings. The van der Waals surface area contributed by atoms with Crippen LogP contribution in [0.1, 0.15) is 5.56 Å². The van der Waals surface area contributed by atoms with Gasteiger partial charge in [-0.3, -0.25) is 9.78 Å². The van der Waals surface area contributed by atoms with Gasteiger partial charge >= 0.3 is 0 Å². The van der Waals surface area contributed by atoms with Crippen molar-refractivity contribution >= 4 is 0 Å². The smallest absolute Gasteiger partial charge is 0.271 e. The Balaban J connectivity index is 2.50. The molecule has 0 aromatic carbocycles. The van der Waals surface area contributed by atoms with Crippen molar-refractivity contribution < 1.29 is 4.74 Å². The van der Waals surface area contributed by atoms with Crippen LogP contribution in [0.5, 0.6) is 0 Å². The Morgan fingerprint density at radius 2 is 2.25 bits per heavy atom. The summed E-state index contributed by atoms with van der Waals surface area (Å²) >= 11 is 0. The summed E-state index contributed by atoms with van der Waals surface area (Å²) in [5, 5.41) is 13.1. The van der Waals surface area contributed by atoms with Gasteiger partial charge in [-0.05, 0) is 18.2 Å². The predicted molar refractivity (Wildman–Crippen MR) is 72.9 cm³/mol. The van der Waals surface area contributed by atoms with E-state index >= 15 is 0 Å². The topological polar surface area (TPSA) is 80.8 Å². The first-order chi connectivity index (χ1) is 9.76. The molecule has 0 aliphatic carbocycles. The summed E-state index contributed by atoms with van der Waals surface area (Å²) in [5.41, 5.74) is 1.40. The van der Waals surface area contributed by atoms with Gasteiger partial charge in [-0.2, -0.15) is 10.4 Å². The molecule has 0 unspecified atom stereocenters. The molecule has 0 amide bonds. The van der Waals surface area contributed by atoms with Gasteiger partial charge in [0, 0.05) is 18.9 Å². The molecule has 102 valence electrons. The van der Waals surface area contributed by atoms with Crippen molar-refractivity contribution in [1.29, 1.82) is 5.26 Å². The monoisotopic (exact) mass is 270 g/mol. The Morgan fingerprint density at radius 3 is 2.90 bits per heavy atom. The quantitative estimate of drug-likeness (QED) is 0.810. The second-order valence-electron chi connectivity index (χ2n) is 4.13. The second kappa shape index (κ2) is 6.59. The van der Waals surface area contributed by atoms with Crippen LogP contribution in [0, 0.1) is 11.3 Å². The first-order valence-electron chi connectivity index (χ1n) is 6.14. The fourth-order valence-corrected chi connectivity index (χ4v) is 1.78. The maximum Gasteiger partial charge on any atom is 0.271 e. The fourth-order valence-electron chi connectivity index (χ4n) is 1.78. The van der Waals surface area contributed by atoms with E-state index in [9.17, 15) is 4.79 Å². The van der Waals surface area contributed by atoms with Gasteiger partial charge in [0.1, 0.15) is 5.69 Å². The summed E-state index contributed by atoms with van der Waals surface area (Å²) < 4.78 is 6.29. The molecule has 0 aliphatic heterocycles. The standard InChI is InChI=1S/C14H14N4O2/c1-20-9-8-18-14(19)11(5-6-15)10-13(17-18)12-4-2-3-7-16-12/h2-4,7,10H,5,8-9H2,1H3. The molecular weight excluding hydrogens is 256 g/mol. The van der Waals surface area contributed by atoms with E-state index in [1.54, 1.807) is 25.4 Å². The van der Waals surface area contributed by atoms with Crippen molar-refractivity contribution in [2.45, 2.75) is 13.0 Å². The van der Waals surface area contributed by atoms with Crippen molar-refractivity contribution in [3.63, 3.8) is 0 Å². The van der Waals surface area contributed by atoms with Crippen LogP contribution in [0.2, 0.25) is 0 Å². The van der Waals surface area contributed by atoms with E-state index in [0.29, 0.717) is 30.1 Å². The molecule has 6 heteroatoms. The summed E-state index contributed by atoms with van der Waals surface area (Å²) in [6.45, 7) is 0.721. The molecule has 2 aromatic heterocycles. The third-order valence-electron chi connectivity index (χ3n) is 2.75. The van der Waals surface area contributed by atoms with Crippen molar-refractivity contribution in [3.05, 3.63) is 46.4 Å². The number of nitriles is 1. The van der Waals surface area contributed by atoms with Crippen molar-refractivity contribution in [2.24, 2.45) is 0 Å². The largest absolute Gasteiger partial charge is 0.383 e. The average Bonchev–Trinajstić information content (AvgIpc) is 2.49. The second-order valence-corrected chi connectivity index (χ2v) is 4.13. The number of pyridine rings is 1. The summed E-state index contributed by atoms with van der Waals surface area (Å²) in [6.07, 6.45) is 1.71. The van der Waals surface area contributed by atoms with E-state index in [1.807, 2.05) is 18.2 Å². The van der Waals surface area contributed by atoms with Crippen LogP contribution in [0.4, 0.5) is 0 Å². The van der Waals surface area contributed by atoms with Crippen LogP contribution in [-0.2, 0) is 17.7 Å². The van der Waals surface area contributed by atoms with Gasteiger partial charge in [-0.1, -0.05) is 6.07 Å². The zero-order chi connectivity index (χ0) is 14.4. The zero-order valence-electron chi connectivity index (χ0n) is 11.1. The number of nitrogens with zero attached hydrogens (tertiary/aromatic N) is 4. The highest BCUT2D eigenvalue weighted by atomic mass is 16.5. The number of ether oxygens (including phenoxy) is 1. The van der Waals surface area contributed by atoms with Crippen LogP contribution in [-0.4, -0.2) is 28.5 Å². The Bertz CT molecular complexity index is 674. The number of methoxy groups -OCH3 is 1. The zero-order valence-corrected chi connectivity index (χ0v) is 11.1. The lowest BCUT2D eigenvalue weighted by atomic mass is 10.1.